The van der Waals surface area contributed by atoms with Crippen molar-refractivity contribution >= 4 is 101 Å². The van der Waals surface area contributed by atoms with E-state index in [2.05, 4.69) is 79.8 Å². The van der Waals surface area contributed by atoms with Crippen molar-refractivity contribution in [1.82, 2.24) is 79.8 Å². The number of nitrogens with two attached hydrogens (primary N) is 2. The van der Waals surface area contributed by atoms with E-state index in [0.717, 1.165) is 24.3 Å². The fourth-order valence-electron chi connectivity index (χ4n) is 10.7. The number of guanidine groups is 2. The number of phenolic OH excluding ortho intramolecular Hbond substituents is 2. The highest BCUT2D eigenvalue weighted by Crippen LogP contribution is 2.17. The van der Waals surface area contributed by atoms with Gasteiger partial charge in [0, 0.05) is 51.0 Å². The van der Waals surface area contributed by atoms with Gasteiger partial charge < -0.3 is 112 Å². The molecule has 2 aliphatic heterocycles. The van der Waals surface area contributed by atoms with Gasteiger partial charge in [0.25, 0.3) is 5.91 Å². The second-order valence-electron chi connectivity index (χ2n) is 24.6. The highest BCUT2D eigenvalue weighted by Gasteiger charge is 2.36. The maximum atomic E-state index is 14.3. The molecular weight excluding hydrogens is 1380 g/mol. The minimum Gasteiger partial charge on any atom is -0.508 e. The molecule has 2 fully saturated rings. The van der Waals surface area contributed by atoms with Gasteiger partial charge in [-0.1, -0.05) is 24.3 Å². The molecule has 39 heteroatoms. The predicted molar refractivity (Wildman–Crippen MR) is 369 cm³/mol. The van der Waals surface area contributed by atoms with Crippen LogP contribution in [0.4, 0.5) is 4.39 Å². The summed E-state index contributed by atoms with van der Waals surface area (Å²) in [6.45, 7) is -1.63. The lowest BCUT2D eigenvalue weighted by Crippen LogP contribution is -2.58. The zero-order valence-corrected chi connectivity index (χ0v) is 57.1. The number of halogens is 1. The molecule has 0 aliphatic carbocycles. The summed E-state index contributed by atoms with van der Waals surface area (Å²) in [5.74, 6) is -16.7. The number of amides is 13. The van der Waals surface area contributed by atoms with Crippen molar-refractivity contribution in [1.29, 1.82) is 10.8 Å². The summed E-state index contributed by atoms with van der Waals surface area (Å²) >= 11 is 0. The fraction of sp³-hybridized carbons (Fsp3) is 0.470. The largest absolute Gasteiger partial charge is 0.508 e. The Morgan fingerprint density at radius 1 is 0.448 bits per heavy atom. The fourth-order valence-corrected chi connectivity index (χ4v) is 10.7. The molecular formula is C66H90FN19O19. The number of carbonyl (C=O) groups excluding carboxylic acids is 13. The van der Waals surface area contributed by atoms with Crippen LogP contribution in [0.2, 0.25) is 0 Å². The molecule has 5 rings (SSSR count). The van der Waals surface area contributed by atoms with Gasteiger partial charge >= 0.3 is 11.9 Å². The molecule has 3 aromatic carbocycles. The van der Waals surface area contributed by atoms with Gasteiger partial charge in [-0.15, -0.1) is 0 Å². The Morgan fingerprint density at radius 2 is 0.800 bits per heavy atom. The van der Waals surface area contributed by atoms with E-state index in [1.807, 2.05) is 0 Å². The number of aliphatic carboxylic acids is 2. The Balaban J connectivity index is 1.30. The first-order chi connectivity index (χ1) is 49.9. The van der Waals surface area contributed by atoms with E-state index >= 15 is 0 Å². The van der Waals surface area contributed by atoms with Crippen LogP contribution in [0.1, 0.15) is 111 Å². The number of carbonyl (C=O) groups is 15. The van der Waals surface area contributed by atoms with Crippen molar-refractivity contribution < 1.29 is 96.7 Å². The van der Waals surface area contributed by atoms with Crippen LogP contribution in [0.25, 0.3) is 0 Å². The Labute approximate surface area is 600 Å². The van der Waals surface area contributed by atoms with Gasteiger partial charge in [-0.3, -0.25) is 82.7 Å². The molecule has 0 saturated carbocycles. The minimum atomic E-state index is -1.76. The summed E-state index contributed by atoms with van der Waals surface area (Å²) in [4.78, 5) is 203. The number of nitrogens with one attached hydrogen (secondary N) is 17. The number of hydrogen-bond acceptors (Lipinski definition) is 19. The maximum absolute atomic E-state index is 14.3. The number of carboxylic acid groups (broad SMARTS) is 2. The summed E-state index contributed by atoms with van der Waals surface area (Å²) < 4.78 is 13.9. The van der Waals surface area contributed by atoms with Crippen LogP contribution < -0.4 is 91.2 Å². The number of benzene rings is 3. The van der Waals surface area contributed by atoms with E-state index < -0.39 is 175 Å². The molecule has 38 nitrogen and oxygen atoms in total. The van der Waals surface area contributed by atoms with E-state index in [1.165, 1.54) is 48.5 Å². The first-order valence-corrected chi connectivity index (χ1v) is 33.7. The van der Waals surface area contributed by atoms with Gasteiger partial charge in [-0.2, -0.15) is 0 Å². The standard InChI is InChI=1S/C66H90FN19O19/c67-38-17-15-37(16-18-38)55(96)80-45(56(97)73-26-4-2-8-44-60(101)82-42(10-6-28-75-66(70)71)58(99)77-34-52(91)79-49(32-54(94)95)64(105)86-47(62(103)84-44)30-36-13-21-40(88)22-14-36)23-24-50(89)72-25-3-1-7-43-59(100)81-41(9-5-27-74-65(68)69)57(98)76-33-51(90)78-48(31-53(92)93)63(104)85-46(61(102)83-43)29-35-11-19-39(87)20-12-35/h11-22,41-49,87-88H,1-10,23-34H2,(H,72,89)(H,73,97)(H,76,98)(H,77,99)(H,78,90)(H,79,91)(H,80,96)(H,81,100)(H,82,101)(H,83,102)(H,84,103)(H,85,104)(H,86,105)(H,92,93)(H,94,95)(H4,68,69,74)(H4,70,71,75)/t41-,42-,43-,44-,45-,46+,47+,48-,49-/m0/s1/i67-1. The van der Waals surface area contributed by atoms with Crippen LogP contribution in [0.5, 0.6) is 11.5 Å². The third kappa shape index (κ3) is 30.9. The highest BCUT2D eigenvalue weighted by atomic mass is 18.2. The normalized spacial score (nSPS) is 20.4. The molecule has 0 unspecified atom stereocenters. The SMILES string of the molecule is N=C(N)NCCC[C@@H]1NC(=O)[C@H](CCCCNC(=O)CC[C@H](NC(=O)c2ccc([18F])cc2)C(=O)NCCCC[C@@H]2NC(=O)[C@@H](Cc3ccc(O)cc3)NC(=O)[C@H](CC(=O)O)NC(=O)CNC(=O)[C@H](CCCNC(=N)N)NC2=O)NC(=O)[C@@H](Cc2ccc(O)cc2)NC(=O)[C@H](CC(=O)O)NC(=O)CNC1=O. The van der Waals surface area contributed by atoms with E-state index in [9.17, 15) is 96.7 Å². The van der Waals surface area contributed by atoms with Gasteiger partial charge in [-0.05, 0) is 130 Å². The molecule has 0 radical (unpaired) electrons. The average molecular weight is 1470 g/mol. The number of rotatable bonds is 32. The summed E-state index contributed by atoms with van der Waals surface area (Å²) in [5, 5.41) is 91.6. The molecule has 105 heavy (non-hydrogen) atoms. The van der Waals surface area contributed by atoms with Crippen LogP contribution in [0.3, 0.4) is 0 Å². The van der Waals surface area contributed by atoms with Crippen molar-refractivity contribution in [2.75, 3.05) is 39.3 Å². The molecule has 0 spiro atoms. The van der Waals surface area contributed by atoms with E-state index in [-0.39, 0.29) is 145 Å². The second kappa shape index (κ2) is 42.9. The van der Waals surface area contributed by atoms with Crippen molar-refractivity contribution in [3.8, 4) is 11.5 Å². The molecule has 0 bridgehead atoms. The number of unbranched alkanes of at least 4 members (excludes halogenated alkanes) is 2. The van der Waals surface area contributed by atoms with Crippen molar-refractivity contribution in [2.45, 2.75) is 157 Å². The van der Waals surface area contributed by atoms with Crippen LogP contribution in [-0.4, -0.2) is 215 Å². The molecule has 570 valence electrons. The third-order valence-corrected chi connectivity index (χ3v) is 16.3. The lowest BCUT2D eigenvalue weighted by molar-refractivity contribution is -0.141. The van der Waals surface area contributed by atoms with E-state index in [0.29, 0.717) is 11.1 Å². The first kappa shape index (κ1) is 83.4. The molecule has 0 aromatic heterocycles. The maximum Gasteiger partial charge on any atom is 0.305 e. The van der Waals surface area contributed by atoms with Crippen LogP contribution >= 0.6 is 0 Å². The Morgan fingerprint density at radius 3 is 1.20 bits per heavy atom. The number of carboxylic acids is 2. The number of aromatic hydroxyl groups is 2. The summed E-state index contributed by atoms with van der Waals surface area (Å²) in [7, 11) is 0. The lowest BCUT2D eigenvalue weighted by atomic mass is 10.0. The van der Waals surface area contributed by atoms with Gasteiger partial charge in [0.1, 0.15) is 71.7 Å². The molecule has 25 N–H and O–H groups in total. The smallest absolute Gasteiger partial charge is 0.305 e. The Bertz CT molecular complexity index is 3610. The van der Waals surface area contributed by atoms with Gasteiger partial charge in [-0.25, -0.2) is 4.39 Å². The quantitative estimate of drug-likeness (QED) is 0.0158. The molecule has 9 atom stereocenters. The summed E-state index contributed by atoms with van der Waals surface area (Å²) in [5.41, 5.74) is 11.5. The van der Waals surface area contributed by atoms with E-state index in [1.54, 1.807) is 0 Å². The molecule has 2 heterocycles. The van der Waals surface area contributed by atoms with Gasteiger partial charge in [0.05, 0.1) is 25.9 Å². The molecule has 13 amide bonds. The van der Waals surface area contributed by atoms with Crippen molar-refractivity contribution in [3.63, 3.8) is 0 Å². The minimum absolute atomic E-state index is 0.0368. The van der Waals surface area contributed by atoms with Gasteiger partial charge in [0.15, 0.2) is 11.9 Å². The predicted octanol–water partition coefficient (Wildman–Crippen LogP) is -5.21. The highest BCUT2D eigenvalue weighted by molar-refractivity contribution is 6.01. The van der Waals surface area contributed by atoms with Crippen molar-refractivity contribution in [2.24, 2.45) is 11.5 Å². The Kier molecular flexibility index (Phi) is 34.1. The Hall–Kier alpha value is -12.2. The number of phenols is 2. The zero-order chi connectivity index (χ0) is 77.1. The number of hydrogen-bond donors (Lipinski definition) is 23. The molecule has 2 saturated heterocycles. The summed E-state index contributed by atoms with van der Waals surface area (Å²) in [6.07, 6.45) is -3.17. The van der Waals surface area contributed by atoms with Crippen LogP contribution in [0.15, 0.2) is 72.8 Å². The first-order valence-electron chi connectivity index (χ1n) is 33.7. The topological polar surface area (TPSA) is 617 Å². The monoisotopic (exact) mass is 1470 g/mol. The molecule has 3 aromatic rings. The van der Waals surface area contributed by atoms with Crippen LogP contribution in [0, 0.1) is 16.6 Å². The van der Waals surface area contributed by atoms with Crippen LogP contribution in [-0.2, 0) is 80.0 Å². The third-order valence-electron chi connectivity index (χ3n) is 16.3. The summed E-state index contributed by atoms with van der Waals surface area (Å²) in [6, 6.07) is 1.57. The zero-order valence-electron chi connectivity index (χ0n) is 57.1. The molecule has 2 aliphatic rings. The second-order valence-corrected chi connectivity index (χ2v) is 24.6. The lowest BCUT2D eigenvalue weighted by Gasteiger charge is -2.26. The van der Waals surface area contributed by atoms with Crippen molar-refractivity contribution in [3.05, 3.63) is 95.3 Å². The average Bonchev–Trinajstić information content (AvgIpc) is 1.82. The van der Waals surface area contributed by atoms with E-state index in [4.69, 9.17) is 22.3 Å². The van der Waals surface area contributed by atoms with Gasteiger partial charge in [0.2, 0.25) is 70.9 Å².